The highest BCUT2D eigenvalue weighted by molar-refractivity contribution is 5.85. The van der Waals surface area contributed by atoms with Crippen molar-refractivity contribution in [2.75, 3.05) is 0 Å². The van der Waals surface area contributed by atoms with Gasteiger partial charge in [-0.25, -0.2) is 0 Å². The number of halogens is 1. The van der Waals surface area contributed by atoms with Crippen LogP contribution in [0.2, 0.25) is 0 Å². The van der Waals surface area contributed by atoms with Gasteiger partial charge in [0.1, 0.15) is 5.78 Å². The van der Waals surface area contributed by atoms with Crippen LogP contribution in [0.4, 0.5) is 0 Å². The van der Waals surface area contributed by atoms with Gasteiger partial charge < -0.3 is 15.9 Å². The molecular formula is C13H24ClNO3. The summed E-state index contributed by atoms with van der Waals surface area (Å²) in [5.74, 6) is 0.0405. The van der Waals surface area contributed by atoms with Crippen molar-refractivity contribution in [2.24, 2.45) is 17.6 Å². The minimum Gasteiger partial charge on any atom is -0.393 e. The van der Waals surface area contributed by atoms with Crippen LogP contribution < -0.4 is 5.73 Å². The number of ketones is 1. The van der Waals surface area contributed by atoms with Crippen molar-refractivity contribution in [3.05, 3.63) is 0 Å². The maximum absolute atomic E-state index is 12.3. The molecule has 0 amide bonds. The average Bonchev–Trinajstić information content (AvgIpc) is 2.29. The minimum absolute atomic E-state index is 0. The second kappa shape index (κ2) is 6.85. The first-order valence-corrected chi connectivity index (χ1v) is 6.73. The zero-order valence-corrected chi connectivity index (χ0v) is 11.4. The first-order valence-electron chi connectivity index (χ1n) is 6.73. The van der Waals surface area contributed by atoms with E-state index in [4.69, 9.17) is 5.73 Å². The smallest absolute Gasteiger partial charge is 0.141 e. The molecule has 0 heterocycles. The van der Waals surface area contributed by atoms with E-state index in [1.54, 1.807) is 0 Å². The van der Waals surface area contributed by atoms with Gasteiger partial charge in [-0.15, -0.1) is 12.4 Å². The van der Waals surface area contributed by atoms with Gasteiger partial charge in [-0.05, 0) is 44.9 Å². The molecule has 2 aliphatic carbocycles. The van der Waals surface area contributed by atoms with Crippen molar-refractivity contribution in [1.82, 2.24) is 0 Å². The lowest BCUT2D eigenvalue weighted by Crippen LogP contribution is -2.41. The molecular weight excluding hydrogens is 254 g/mol. The summed E-state index contributed by atoms with van der Waals surface area (Å²) in [4.78, 5) is 12.3. The molecule has 4 nitrogen and oxygen atoms in total. The van der Waals surface area contributed by atoms with E-state index in [1.807, 2.05) is 0 Å². The number of hydrogen-bond acceptors (Lipinski definition) is 4. The van der Waals surface area contributed by atoms with E-state index in [2.05, 4.69) is 0 Å². The molecule has 0 aromatic carbocycles. The molecule has 0 radical (unpaired) electrons. The quantitative estimate of drug-likeness (QED) is 0.704. The van der Waals surface area contributed by atoms with Crippen molar-refractivity contribution in [2.45, 2.75) is 63.2 Å². The predicted molar refractivity (Wildman–Crippen MR) is 71.5 cm³/mol. The number of Topliss-reactive ketones (excluding diaryl/α,β-unsaturated/α-hetero) is 1. The van der Waals surface area contributed by atoms with Crippen LogP contribution in [0.15, 0.2) is 0 Å². The molecule has 3 unspecified atom stereocenters. The number of rotatable bonds is 2. The summed E-state index contributed by atoms with van der Waals surface area (Å²) in [6, 6.07) is 0.247. The Balaban J connectivity index is 0.00000162. The SMILES string of the molecule is Cl.NC1CCC(C(=O)C2CCC(O)CC2O)CC1. The summed E-state index contributed by atoms with van der Waals surface area (Å²) >= 11 is 0. The van der Waals surface area contributed by atoms with Gasteiger partial charge in [-0.2, -0.15) is 0 Å². The van der Waals surface area contributed by atoms with Gasteiger partial charge in [-0.1, -0.05) is 0 Å². The van der Waals surface area contributed by atoms with Gasteiger partial charge in [0.2, 0.25) is 0 Å². The number of carbonyl (C=O) groups excluding carboxylic acids is 1. The van der Waals surface area contributed by atoms with Crippen molar-refractivity contribution in [3.63, 3.8) is 0 Å². The lowest BCUT2D eigenvalue weighted by Gasteiger charge is -2.34. The second-order valence-corrected chi connectivity index (χ2v) is 5.65. The molecule has 0 spiro atoms. The Morgan fingerprint density at radius 1 is 1.00 bits per heavy atom. The van der Waals surface area contributed by atoms with E-state index in [1.165, 1.54) is 0 Å². The molecule has 2 fully saturated rings. The normalized spacial score (nSPS) is 40.9. The predicted octanol–water partition coefficient (Wildman–Crippen LogP) is 1.02. The van der Waals surface area contributed by atoms with Crippen LogP contribution in [0.1, 0.15) is 44.9 Å². The maximum Gasteiger partial charge on any atom is 0.141 e. The van der Waals surface area contributed by atoms with Gasteiger partial charge in [-0.3, -0.25) is 4.79 Å². The van der Waals surface area contributed by atoms with Crippen molar-refractivity contribution in [3.8, 4) is 0 Å². The summed E-state index contributed by atoms with van der Waals surface area (Å²) in [7, 11) is 0. The largest absolute Gasteiger partial charge is 0.393 e. The Kier molecular flexibility index (Phi) is 6.05. The van der Waals surface area contributed by atoms with Crippen LogP contribution in [0.5, 0.6) is 0 Å². The number of nitrogens with two attached hydrogens (primary N) is 1. The molecule has 4 N–H and O–H groups in total. The molecule has 0 bridgehead atoms. The first-order chi connectivity index (χ1) is 8.08. The molecule has 0 aromatic rings. The van der Waals surface area contributed by atoms with Gasteiger partial charge >= 0.3 is 0 Å². The lowest BCUT2D eigenvalue weighted by molar-refractivity contribution is -0.134. The van der Waals surface area contributed by atoms with Crippen LogP contribution >= 0.6 is 12.4 Å². The van der Waals surface area contributed by atoms with Gasteiger partial charge in [0.15, 0.2) is 0 Å². The minimum atomic E-state index is -0.651. The van der Waals surface area contributed by atoms with Crippen LogP contribution in [-0.4, -0.2) is 34.2 Å². The van der Waals surface area contributed by atoms with Crippen LogP contribution in [-0.2, 0) is 4.79 Å². The number of hydrogen-bond donors (Lipinski definition) is 3. The number of carbonyl (C=O) groups is 1. The highest BCUT2D eigenvalue weighted by Crippen LogP contribution is 2.32. The summed E-state index contributed by atoms with van der Waals surface area (Å²) in [6.07, 6.45) is 4.10. The van der Waals surface area contributed by atoms with Gasteiger partial charge in [0, 0.05) is 17.9 Å². The summed E-state index contributed by atoms with van der Waals surface area (Å²) in [6.45, 7) is 0. The zero-order valence-electron chi connectivity index (χ0n) is 10.6. The third-order valence-corrected chi connectivity index (χ3v) is 4.33. The highest BCUT2D eigenvalue weighted by Gasteiger charge is 2.37. The molecule has 3 atom stereocenters. The van der Waals surface area contributed by atoms with Crippen molar-refractivity contribution in [1.29, 1.82) is 0 Å². The Bertz CT molecular complexity index is 279. The number of aliphatic hydroxyl groups excluding tert-OH is 2. The summed E-state index contributed by atoms with van der Waals surface area (Å²) < 4.78 is 0. The van der Waals surface area contributed by atoms with Crippen molar-refractivity contribution >= 4 is 18.2 Å². The van der Waals surface area contributed by atoms with E-state index in [9.17, 15) is 15.0 Å². The molecule has 2 aliphatic rings. The molecule has 2 rings (SSSR count). The standard InChI is InChI=1S/C13H23NO3.ClH/c14-9-3-1-8(2-4-9)13(17)11-6-5-10(15)7-12(11)16;/h8-12,15-16H,1-7,14H2;1H. The van der Waals surface area contributed by atoms with Crippen molar-refractivity contribution < 1.29 is 15.0 Å². The topological polar surface area (TPSA) is 83.6 Å². The van der Waals surface area contributed by atoms with Crippen LogP contribution in [0, 0.1) is 11.8 Å². The van der Waals surface area contributed by atoms with Crippen LogP contribution in [0.3, 0.4) is 0 Å². The highest BCUT2D eigenvalue weighted by atomic mass is 35.5. The first kappa shape index (κ1) is 15.9. The Morgan fingerprint density at radius 3 is 2.17 bits per heavy atom. The Hall–Kier alpha value is -0.160. The Morgan fingerprint density at radius 2 is 1.61 bits per heavy atom. The fourth-order valence-electron chi connectivity index (χ4n) is 3.16. The average molecular weight is 278 g/mol. The molecule has 0 aromatic heterocycles. The molecule has 0 saturated heterocycles. The van der Waals surface area contributed by atoms with E-state index >= 15 is 0 Å². The van der Waals surface area contributed by atoms with E-state index in [-0.39, 0.29) is 36.1 Å². The van der Waals surface area contributed by atoms with Gasteiger partial charge in [0.25, 0.3) is 0 Å². The fourth-order valence-corrected chi connectivity index (χ4v) is 3.16. The third kappa shape index (κ3) is 3.67. The van der Waals surface area contributed by atoms with E-state index in [0.29, 0.717) is 19.3 Å². The summed E-state index contributed by atoms with van der Waals surface area (Å²) in [5, 5.41) is 19.3. The molecule has 18 heavy (non-hydrogen) atoms. The Labute approximate surface area is 114 Å². The molecule has 5 heteroatoms. The van der Waals surface area contributed by atoms with Gasteiger partial charge in [0.05, 0.1) is 12.2 Å². The third-order valence-electron chi connectivity index (χ3n) is 4.33. The second-order valence-electron chi connectivity index (χ2n) is 5.65. The summed E-state index contributed by atoms with van der Waals surface area (Å²) in [5.41, 5.74) is 5.83. The maximum atomic E-state index is 12.3. The van der Waals surface area contributed by atoms with E-state index in [0.717, 1.165) is 25.7 Å². The van der Waals surface area contributed by atoms with E-state index < -0.39 is 12.2 Å². The molecule has 106 valence electrons. The lowest BCUT2D eigenvalue weighted by atomic mass is 9.74. The van der Waals surface area contributed by atoms with Crippen LogP contribution in [0.25, 0.3) is 0 Å². The molecule has 2 saturated carbocycles. The number of aliphatic hydroxyl groups is 2. The zero-order chi connectivity index (χ0) is 12.4. The molecule has 0 aliphatic heterocycles. The fraction of sp³-hybridized carbons (Fsp3) is 0.923. The monoisotopic (exact) mass is 277 g/mol.